The molecule has 0 amide bonds. The Morgan fingerprint density at radius 2 is 2.18 bits per heavy atom. The van der Waals surface area contributed by atoms with E-state index in [0.29, 0.717) is 6.42 Å². The predicted octanol–water partition coefficient (Wildman–Crippen LogP) is 1.23. The molecule has 0 spiro atoms. The maximum Gasteiger partial charge on any atom is 0.323 e. The molecule has 0 aliphatic rings. The number of anilines is 1. The zero-order valence-electron chi connectivity index (χ0n) is 9.72. The van der Waals surface area contributed by atoms with Gasteiger partial charge < -0.3 is 5.11 Å². The molecule has 2 N–H and O–H groups in total. The zero-order chi connectivity index (χ0) is 13.2. The van der Waals surface area contributed by atoms with Gasteiger partial charge in [0.2, 0.25) is 10.0 Å². The number of hydrogen-bond donors (Lipinski definition) is 2. The summed E-state index contributed by atoms with van der Waals surface area (Å²) >= 11 is 1.20. The molecule has 0 fully saturated rings. The van der Waals surface area contributed by atoms with Gasteiger partial charge in [-0.2, -0.15) is 0 Å². The van der Waals surface area contributed by atoms with Gasteiger partial charge in [0.05, 0.1) is 5.69 Å². The van der Waals surface area contributed by atoms with Crippen molar-refractivity contribution >= 4 is 32.5 Å². The molecule has 96 valence electrons. The van der Waals surface area contributed by atoms with Crippen LogP contribution in [0.1, 0.15) is 24.4 Å². The molecule has 1 atom stereocenters. The minimum atomic E-state index is -3.93. The predicted molar refractivity (Wildman–Crippen MR) is 65.9 cm³/mol. The van der Waals surface area contributed by atoms with E-state index in [0.717, 1.165) is 17.5 Å². The molecule has 1 aromatic heterocycles. The van der Waals surface area contributed by atoms with Crippen LogP contribution in [0.15, 0.2) is 0 Å². The van der Waals surface area contributed by atoms with E-state index in [9.17, 15) is 13.2 Å². The van der Waals surface area contributed by atoms with Crippen molar-refractivity contribution in [3.05, 3.63) is 10.6 Å². The van der Waals surface area contributed by atoms with Crippen molar-refractivity contribution in [2.75, 3.05) is 4.72 Å². The van der Waals surface area contributed by atoms with Gasteiger partial charge in [-0.1, -0.05) is 6.92 Å². The molecule has 0 bridgehead atoms. The third-order valence-electron chi connectivity index (χ3n) is 2.27. The summed E-state index contributed by atoms with van der Waals surface area (Å²) in [7, 11) is -3.93. The number of nitrogens with zero attached hydrogens (tertiary/aromatic N) is 1. The fraction of sp³-hybridized carbons (Fsp3) is 0.556. The van der Waals surface area contributed by atoms with E-state index in [1.807, 2.05) is 13.8 Å². The van der Waals surface area contributed by atoms with Gasteiger partial charge in [0.25, 0.3) is 0 Å². The highest BCUT2D eigenvalue weighted by Crippen LogP contribution is 2.23. The van der Waals surface area contributed by atoms with E-state index >= 15 is 0 Å². The van der Waals surface area contributed by atoms with Gasteiger partial charge in [-0.15, -0.1) is 11.3 Å². The second kappa shape index (κ2) is 5.01. The van der Waals surface area contributed by atoms with Crippen LogP contribution < -0.4 is 4.72 Å². The highest BCUT2D eigenvalue weighted by atomic mass is 32.2. The normalized spacial score (nSPS) is 13.4. The molecule has 6 nitrogen and oxygen atoms in total. The van der Waals surface area contributed by atoms with Gasteiger partial charge >= 0.3 is 5.97 Å². The number of carboxylic acids is 1. The lowest BCUT2D eigenvalue weighted by atomic mass is 10.3. The van der Waals surface area contributed by atoms with E-state index in [1.165, 1.54) is 11.3 Å². The maximum absolute atomic E-state index is 11.6. The molecule has 0 aliphatic heterocycles. The molecular formula is C9H14N2O4S2. The van der Waals surface area contributed by atoms with Crippen molar-refractivity contribution in [2.45, 2.75) is 32.4 Å². The average molecular weight is 278 g/mol. The van der Waals surface area contributed by atoms with Crippen molar-refractivity contribution in [3.8, 4) is 0 Å². The number of thiazole rings is 1. The number of rotatable bonds is 5. The number of aryl methyl sites for hydroxylation is 2. The van der Waals surface area contributed by atoms with Crippen LogP contribution >= 0.6 is 11.3 Å². The highest BCUT2D eigenvalue weighted by molar-refractivity contribution is 7.94. The summed E-state index contributed by atoms with van der Waals surface area (Å²) in [6.45, 7) is 4.88. The summed E-state index contributed by atoms with van der Waals surface area (Å²) in [6, 6.07) is 0. The van der Waals surface area contributed by atoms with Gasteiger partial charge in [0, 0.05) is 4.88 Å². The van der Waals surface area contributed by atoms with Gasteiger partial charge in [0.1, 0.15) is 0 Å². The number of carbonyl (C=O) groups is 1. The van der Waals surface area contributed by atoms with Crippen LogP contribution in [0.3, 0.4) is 0 Å². The molecule has 8 heteroatoms. The minimum absolute atomic E-state index is 0.215. The first-order valence-electron chi connectivity index (χ1n) is 4.98. The molecule has 1 unspecified atom stereocenters. The Morgan fingerprint density at radius 1 is 1.59 bits per heavy atom. The largest absolute Gasteiger partial charge is 0.480 e. The molecule has 0 saturated heterocycles. The van der Waals surface area contributed by atoms with Crippen molar-refractivity contribution < 1.29 is 18.3 Å². The lowest BCUT2D eigenvalue weighted by Gasteiger charge is -2.08. The number of hydrogen-bond acceptors (Lipinski definition) is 5. The number of aliphatic carboxylic acids is 1. The number of carboxylic acid groups (broad SMARTS) is 1. The Kier molecular flexibility index (Phi) is 4.10. The van der Waals surface area contributed by atoms with E-state index in [1.54, 1.807) is 0 Å². The van der Waals surface area contributed by atoms with Crippen LogP contribution in [0.4, 0.5) is 5.13 Å². The zero-order valence-corrected chi connectivity index (χ0v) is 11.4. The quantitative estimate of drug-likeness (QED) is 0.844. The summed E-state index contributed by atoms with van der Waals surface area (Å²) in [6.07, 6.45) is 0.707. The van der Waals surface area contributed by atoms with Gasteiger partial charge in [-0.05, 0) is 20.3 Å². The highest BCUT2D eigenvalue weighted by Gasteiger charge is 2.28. The third-order valence-corrected chi connectivity index (χ3v) is 4.94. The molecule has 1 aromatic rings. The standard InChI is InChI=1S/C9H14N2O4S2/c1-4-7-5(2)16-9(10-7)11-17(14,15)6(3)8(12)13/h6H,4H2,1-3H3,(H,10,11)(H,12,13). The fourth-order valence-electron chi connectivity index (χ4n) is 1.14. The molecule has 0 aliphatic carbocycles. The van der Waals surface area contributed by atoms with Gasteiger partial charge in [-0.3, -0.25) is 9.52 Å². The molecule has 0 aromatic carbocycles. The number of sulfonamides is 1. The topological polar surface area (TPSA) is 96.4 Å². The van der Waals surface area contributed by atoms with E-state index < -0.39 is 21.2 Å². The van der Waals surface area contributed by atoms with E-state index in [-0.39, 0.29) is 5.13 Å². The van der Waals surface area contributed by atoms with E-state index in [2.05, 4.69) is 9.71 Å². The van der Waals surface area contributed by atoms with Crippen molar-refractivity contribution in [3.63, 3.8) is 0 Å². The van der Waals surface area contributed by atoms with Crippen molar-refractivity contribution in [1.82, 2.24) is 4.98 Å². The first kappa shape index (κ1) is 13.9. The first-order valence-corrected chi connectivity index (χ1v) is 7.35. The maximum atomic E-state index is 11.6. The Labute approximate surface area is 104 Å². The van der Waals surface area contributed by atoms with Crippen LogP contribution in [-0.2, 0) is 21.2 Å². The number of nitrogens with one attached hydrogen (secondary N) is 1. The molecule has 0 radical (unpaired) electrons. The summed E-state index contributed by atoms with van der Waals surface area (Å²) in [5, 5.41) is 7.38. The summed E-state index contributed by atoms with van der Waals surface area (Å²) in [5.41, 5.74) is 0.815. The second-order valence-corrected chi connectivity index (χ2v) is 6.71. The monoisotopic (exact) mass is 278 g/mol. The Morgan fingerprint density at radius 3 is 2.59 bits per heavy atom. The summed E-state index contributed by atoms with van der Waals surface area (Å²) in [5.74, 6) is -1.39. The van der Waals surface area contributed by atoms with Crippen LogP contribution in [0.25, 0.3) is 0 Å². The Bertz CT molecular complexity index is 521. The Balaban J connectivity index is 2.94. The summed E-state index contributed by atoms with van der Waals surface area (Å²) in [4.78, 5) is 15.6. The lowest BCUT2D eigenvalue weighted by Crippen LogP contribution is -2.32. The fourth-order valence-corrected chi connectivity index (χ4v) is 3.14. The molecular weight excluding hydrogens is 264 g/mol. The van der Waals surface area contributed by atoms with Crippen molar-refractivity contribution in [1.29, 1.82) is 0 Å². The van der Waals surface area contributed by atoms with E-state index in [4.69, 9.17) is 5.11 Å². The molecule has 0 saturated carbocycles. The van der Waals surface area contributed by atoms with Crippen LogP contribution in [0.2, 0.25) is 0 Å². The Hall–Kier alpha value is -1.15. The first-order chi connectivity index (χ1) is 7.77. The second-order valence-electron chi connectivity index (χ2n) is 3.50. The van der Waals surface area contributed by atoms with Crippen LogP contribution in [0.5, 0.6) is 0 Å². The molecule has 1 rings (SSSR count). The van der Waals surface area contributed by atoms with Gasteiger partial charge in [-0.25, -0.2) is 13.4 Å². The summed E-state index contributed by atoms with van der Waals surface area (Å²) < 4.78 is 25.4. The van der Waals surface area contributed by atoms with Crippen LogP contribution in [0, 0.1) is 6.92 Å². The SMILES string of the molecule is CCc1nc(NS(=O)(=O)C(C)C(=O)O)sc1C. The smallest absolute Gasteiger partial charge is 0.323 e. The molecule has 1 heterocycles. The lowest BCUT2D eigenvalue weighted by molar-refractivity contribution is -0.136. The minimum Gasteiger partial charge on any atom is -0.480 e. The van der Waals surface area contributed by atoms with Gasteiger partial charge in [0.15, 0.2) is 10.4 Å². The molecule has 17 heavy (non-hydrogen) atoms. The third kappa shape index (κ3) is 3.16. The van der Waals surface area contributed by atoms with Crippen LogP contribution in [-0.4, -0.2) is 29.7 Å². The number of aromatic nitrogens is 1. The van der Waals surface area contributed by atoms with Crippen molar-refractivity contribution in [2.24, 2.45) is 0 Å². The average Bonchev–Trinajstić information content (AvgIpc) is 2.56.